The molecule has 0 aliphatic carbocycles. The van der Waals surface area contributed by atoms with Gasteiger partial charge in [0.15, 0.2) is 27.0 Å². The first kappa shape index (κ1) is 19.0. The van der Waals surface area contributed by atoms with Crippen molar-refractivity contribution < 1.29 is 21.6 Å². The topological polar surface area (TPSA) is 108 Å². The summed E-state index contributed by atoms with van der Waals surface area (Å²) in [5, 5.41) is 11.4. The van der Waals surface area contributed by atoms with Gasteiger partial charge in [0, 0.05) is 24.0 Å². The Hall–Kier alpha value is -3.35. The van der Waals surface area contributed by atoms with Gasteiger partial charge in [0.1, 0.15) is 0 Å². The molecule has 0 aliphatic rings. The van der Waals surface area contributed by atoms with Gasteiger partial charge in [-0.1, -0.05) is 6.92 Å². The van der Waals surface area contributed by atoms with Gasteiger partial charge in [-0.15, -0.1) is 4.80 Å². The predicted molar refractivity (Wildman–Crippen MR) is 93.9 cm³/mol. The largest absolute Gasteiger partial charge is 0.435 e. The highest BCUT2D eigenvalue weighted by Gasteiger charge is 2.34. The van der Waals surface area contributed by atoms with Crippen molar-refractivity contribution in [1.82, 2.24) is 34.6 Å². The van der Waals surface area contributed by atoms with Gasteiger partial charge in [-0.25, -0.2) is 22.9 Å². The molecule has 0 unspecified atom stereocenters. The van der Waals surface area contributed by atoms with E-state index in [0.717, 1.165) is 10.6 Å². The molecular formula is C16H12F3N7O2S. The molecule has 9 nitrogen and oxygen atoms in total. The van der Waals surface area contributed by atoms with Gasteiger partial charge in [-0.05, 0) is 12.1 Å². The Kier molecular flexibility index (Phi) is 4.33. The quantitative estimate of drug-likeness (QED) is 0.495. The van der Waals surface area contributed by atoms with Gasteiger partial charge in [0.05, 0.1) is 28.7 Å². The van der Waals surface area contributed by atoms with E-state index >= 15 is 0 Å². The third-order valence-electron chi connectivity index (χ3n) is 4.06. The first-order chi connectivity index (χ1) is 13.7. The molecule has 4 aromatic rings. The second kappa shape index (κ2) is 6.62. The summed E-state index contributed by atoms with van der Waals surface area (Å²) in [7, 11) is -3.68. The molecule has 0 bridgehead atoms. The van der Waals surface area contributed by atoms with Crippen LogP contribution in [0.4, 0.5) is 13.2 Å². The minimum atomic E-state index is -4.63. The molecule has 0 amide bonds. The van der Waals surface area contributed by atoms with Gasteiger partial charge in [0.25, 0.3) is 0 Å². The number of aromatic nitrogens is 7. The monoisotopic (exact) mass is 423 g/mol. The van der Waals surface area contributed by atoms with Crippen LogP contribution in [0.15, 0.2) is 47.9 Å². The van der Waals surface area contributed by atoms with Gasteiger partial charge < -0.3 is 0 Å². The number of fused-ring (bicyclic) bond motifs is 1. The molecule has 4 heterocycles. The van der Waals surface area contributed by atoms with E-state index in [9.17, 15) is 21.6 Å². The molecule has 0 aliphatic heterocycles. The Morgan fingerprint density at radius 1 is 1.14 bits per heavy atom. The maximum absolute atomic E-state index is 12.9. The van der Waals surface area contributed by atoms with Crippen LogP contribution < -0.4 is 0 Å². The molecule has 13 heteroatoms. The van der Waals surface area contributed by atoms with E-state index < -0.39 is 21.7 Å². The summed E-state index contributed by atoms with van der Waals surface area (Å²) in [5.74, 6) is 0.0491. The van der Waals surface area contributed by atoms with Crippen LogP contribution in [0.5, 0.6) is 0 Å². The molecule has 0 fully saturated rings. The van der Waals surface area contributed by atoms with Crippen molar-refractivity contribution in [2.24, 2.45) is 0 Å². The lowest BCUT2D eigenvalue weighted by Gasteiger charge is -2.10. The molecular weight excluding hydrogens is 411 g/mol. The number of sulfone groups is 1. The van der Waals surface area contributed by atoms with Crippen LogP contribution in [-0.2, 0) is 16.0 Å². The average molecular weight is 423 g/mol. The van der Waals surface area contributed by atoms with Gasteiger partial charge in [-0.3, -0.25) is 0 Å². The smallest absolute Gasteiger partial charge is 0.236 e. The van der Waals surface area contributed by atoms with Crippen LogP contribution in [0, 0.1) is 0 Å². The minimum Gasteiger partial charge on any atom is -0.236 e. The zero-order valence-corrected chi connectivity index (χ0v) is 15.6. The number of alkyl halides is 3. The zero-order chi connectivity index (χ0) is 20.8. The zero-order valence-electron chi connectivity index (χ0n) is 14.7. The first-order valence-corrected chi connectivity index (χ1v) is 9.88. The van der Waals surface area contributed by atoms with Crippen molar-refractivity contribution in [3.8, 4) is 17.1 Å². The van der Waals surface area contributed by atoms with E-state index in [1.54, 1.807) is 0 Å². The highest BCUT2D eigenvalue weighted by atomic mass is 32.2. The van der Waals surface area contributed by atoms with Crippen LogP contribution in [0.25, 0.3) is 22.7 Å². The highest BCUT2D eigenvalue weighted by molar-refractivity contribution is 7.91. The number of hydrogen-bond donors (Lipinski definition) is 0. The molecule has 4 rings (SSSR count). The maximum Gasteiger partial charge on any atom is 0.435 e. The predicted octanol–water partition coefficient (Wildman–Crippen LogP) is 2.18. The SMILES string of the molecule is CCS(=O)(=O)c1ccc(-n2nccn2)nc1-c1cnc2cc(C(F)(F)F)nn2c1. The standard InChI is InChI=1S/C16H12F3N7O2S/c1-2-29(27,28)11-3-4-13(26-21-5-6-22-26)23-15(11)10-8-20-14-7-12(16(17,18)19)24-25(14)9-10/h3-9H,2H2,1H3. The molecule has 4 aromatic heterocycles. The van der Waals surface area contributed by atoms with E-state index in [2.05, 4.69) is 25.3 Å². The highest BCUT2D eigenvalue weighted by Crippen LogP contribution is 2.30. The molecule has 0 aromatic carbocycles. The fourth-order valence-corrected chi connectivity index (χ4v) is 3.68. The summed E-state index contributed by atoms with van der Waals surface area (Å²) < 4.78 is 64.7. The van der Waals surface area contributed by atoms with Crippen LogP contribution in [0.2, 0.25) is 0 Å². The fraction of sp³-hybridized carbons (Fsp3) is 0.188. The fourth-order valence-electron chi connectivity index (χ4n) is 2.63. The Morgan fingerprint density at radius 2 is 1.86 bits per heavy atom. The second-order valence-electron chi connectivity index (χ2n) is 5.91. The number of pyridine rings is 1. The molecule has 0 atom stereocenters. The first-order valence-electron chi connectivity index (χ1n) is 8.22. The van der Waals surface area contributed by atoms with Crippen molar-refractivity contribution in [3.63, 3.8) is 0 Å². The van der Waals surface area contributed by atoms with Crippen LogP contribution in [0.1, 0.15) is 12.6 Å². The summed E-state index contributed by atoms with van der Waals surface area (Å²) in [6.07, 6.45) is 0.708. The third-order valence-corrected chi connectivity index (χ3v) is 5.82. The van der Waals surface area contributed by atoms with Crippen molar-refractivity contribution >= 4 is 15.5 Å². The van der Waals surface area contributed by atoms with E-state index in [0.29, 0.717) is 0 Å². The Bertz CT molecular complexity index is 1300. The summed E-state index contributed by atoms with van der Waals surface area (Å²) in [4.78, 5) is 9.38. The maximum atomic E-state index is 12.9. The van der Waals surface area contributed by atoms with E-state index in [4.69, 9.17) is 0 Å². The normalized spacial score (nSPS) is 12.6. The second-order valence-corrected chi connectivity index (χ2v) is 8.16. The molecule has 0 saturated heterocycles. The van der Waals surface area contributed by atoms with Crippen molar-refractivity contribution in [1.29, 1.82) is 0 Å². The number of nitrogens with zero attached hydrogens (tertiary/aromatic N) is 7. The van der Waals surface area contributed by atoms with Crippen LogP contribution in [0.3, 0.4) is 0 Å². The van der Waals surface area contributed by atoms with Crippen molar-refractivity contribution in [2.45, 2.75) is 18.0 Å². The van der Waals surface area contributed by atoms with E-state index in [1.165, 1.54) is 48.6 Å². The van der Waals surface area contributed by atoms with Gasteiger partial charge >= 0.3 is 6.18 Å². The van der Waals surface area contributed by atoms with Gasteiger partial charge in [0.2, 0.25) is 0 Å². The molecule has 150 valence electrons. The molecule has 0 radical (unpaired) electrons. The average Bonchev–Trinajstić information content (AvgIpc) is 3.36. The van der Waals surface area contributed by atoms with Crippen molar-refractivity contribution in [3.05, 3.63) is 48.7 Å². The van der Waals surface area contributed by atoms with Gasteiger partial charge in [-0.2, -0.15) is 28.5 Å². The lowest BCUT2D eigenvalue weighted by Crippen LogP contribution is -2.10. The Morgan fingerprint density at radius 3 is 2.52 bits per heavy atom. The summed E-state index contributed by atoms with van der Waals surface area (Å²) in [5.41, 5.74) is -0.952. The number of halogens is 3. The third kappa shape index (κ3) is 3.44. The summed E-state index contributed by atoms with van der Waals surface area (Å²) in [6, 6.07) is 3.59. The van der Waals surface area contributed by atoms with Crippen LogP contribution >= 0.6 is 0 Å². The molecule has 0 N–H and O–H groups in total. The lowest BCUT2D eigenvalue weighted by atomic mass is 10.2. The van der Waals surface area contributed by atoms with E-state index in [-0.39, 0.29) is 33.4 Å². The lowest BCUT2D eigenvalue weighted by molar-refractivity contribution is -0.141. The van der Waals surface area contributed by atoms with Crippen LogP contribution in [-0.4, -0.2) is 48.7 Å². The number of rotatable bonds is 4. The molecule has 0 saturated carbocycles. The Labute approximate surface area is 161 Å². The van der Waals surface area contributed by atoms with E-state index in [1.807, 2.05) is 0 Å². The summed E-state index contributed by atoms with van der Waals surface area (Å²) in [6.45, 7) is 1.48. The summed E-state index contributed by atoms with van der Waals surface area (Å²) >= 11 is 0. The Balaban J connectivity index is 1.93. The number of hydrogen-bond acceptors (Lipinski definition) is 7. The minimum absolute atomic E-state index is 0.0140. The molecule has 0 spiro atoms. The molecule has 29 heavy (non-hydrogen) atoms. The van der Waals surface area contributed by atoms with Crippen molar-refractivity contribution in [2.75, 3.05) is 5.75 Å².